The van der Waals surface area contributed by atoms with E-state index in [1.807, 2.05) is 6.07 Å². The Hall–Kier alpha value is -4.85. The number of nitriles is 1. The first-order valence-electron chi connectivity index (χ1n) is 12.6. The fourth-order valence-corrected chi connectivity index (χ4v) is 3.82. The summed E-state index contributed by atoms with van der Waals surface area (Å²) in [4.78, 5) is 25.2. The van der Waals surface area contributed by atoms with E-state index in [0.29, 0.717) is 46.8 Å². The lowest BCUT2D eigenvalue weighted by Crippen LogP contribution is -2.28. The van der Waals surface area contributed by atoms with E-state index in [-0.39, 0.29) is 19.1 Å². The van der Waals surface area contributed by atoms with Gasteiger partial charge in [-0.2, -0.15) is 5.26 Å². The highest BCUT2D eigenvalue weighted by Gasteiger charge is 2.27. The van der Waals surface area contributed by atoms with Crippen LogP contribution >= 0.6 is 0 Å². The number of aliphatic hydroxyl groups excluding tert-OH is 1. The van der Waals surface area contributed by atoms with E-state index < -0.39 is 18.3 Å². The minimum absolute atomic E-state index is 0.114. The molecule has 3 aromatic rings. The van der Waals surface area contributed by atoms with Crippen molar-refractivity contribution in [3.63, 3.8) is 0 Å². The number of aliphatic hydroxyl groups is 1. The Kier molecular flexibility index (Phi) is 11.5. The minimum atomic E-state index is -0.826. The number of carbonyl (C=O) groups excluding carboxylic acids is 2. The van der Waals surface area contributed by atoms with E-state index >= 15 is 0 Å². The third kappa shape index (κ3) is 9.16. The van der Waals surface area contributed by atoms with Gasteiger partial charge >= 0.3 is 6.09 Å². The van der Waals surface area contributed by atoms with Crippen LogP contribution in [0.4, 0.5) is 21.9 Å². The lowest BCUT2D eigenvalue weighted by Gasteiger charge is -2.26. The fourth-order valence-electron chi connectivity index (χ4n) is 3.82. The fraction of sp³-hybridized carbons (Fsp3) is 0.233. The van der Waals surface area contributed by atoms with Crippen molar-refractivity contribution in [1.29, 1.82) is 5.26 Å². The van der Waals surface area contributed by atoms with Crippen LogP contribution in [-0.2, 0) is 14.3 Å². The van der Waals surface area contributed by atoms with E-state index in [0.717, 1.165) is 0 Å². The summed E-state index contributed by atoms with van der Waals surface area (Å²) in [5.74, 6) is 0.175. The molecule has 2 amide bonds. The molecule has 0 fully saturated rings. The largest absolute Gasteiger partial charge is 0.491 e. The summed E-state index contributed by atoms with van der Waals surface area (Å²) >= 11 is 0. The van der Waals surface area contributed by atoms with Gasteiger partial charge in [0.1, 0.15) is 12.4 Å². The number of hydrogen-bond donors (Lipinski definition) is 4. The Morgan fingerprint density at radius 3 is 2.55 bits per heavy atom. The van der Waals surface area contributed by atoms with E-state index in [1.54, 1.807) is 78.9 Å². The second kappa shape index (κ2) is 15.5. The number of allylic oxidation sites excluding steroid dienone is 1. The number of benzene rings is 3. The number of hydrogen-bond acceptors (Lipinski definition) is 8. The molecule has 10 heteroatoms. The van der Waals surface area contributed by atoms with Gasteiger partial charge in [-0.05, 0) is 73.0 Å². The van der Waals surface area contributed by atoms with Gasteiger partial charge in [0, 0.05) is 12.8 Å². The number of rotatable bonds is 13. The van der Waals surface area contributed by atoms with Crippen molar-refractivity contribution in [1.82, 2.24) is 0 Å². The molecule has 0 spiro atoms. The molecule has 0 unspecified atom stereocenters. The Bertz CT molecular complexity index is 1340. The van der Waals surface area contributed by atoms with E-state index in [2.05, 4.69) is 10.6 Å². The number of para-hydroxylation sites is 2. The predicted molar refractivity (Wildman–Crippen MR) is 152 cm³/mol. The Labute approximate surface area is 233 Å². The highest BCUT2D eigenvalue weighted by Crippen LogP contribution is 2.30. The first-order chi connectivity index (χ1) is 19.4. The van der Waals surface area contributed by atoms with E-state index in [1.165, 1.54) is 13.2 Å². The smallest absolute Gasteiger partial charge is 0.412 e. The van der Waals surface area contributed by atoms with Crippen LogP contribution in [0.1, 0.15) is 30.1 Å². The first-order valence-corrected chi connectivity index (χ1v) is 12.6. The summed E-state index contributed by atoms with van der Waals surface area (Å²) in [5.41, 5.74) is 8.41. The summed E-state index contributed by atoms with van der Waals surface area (Å²) < 4.78 is 17.1. The molecule has 0 saturated heterocycles. The second-order valence-electron chi connectivity index (χ2n) is 8.61. The molecule has 3 rings (SSSR count). The predicted octanol–water partition coefficient (Wildman–Crippen LogP) is 4.79. The number of nitrogens with two attached hydrogens (primary N) is 1. The van der Waals surface area contributed by atoms with Gasteiger partial charge in [0.2, 0.25) is 5.91 Å². The summed E-state index contributed by atoms with van der Waals surface area (Å²) in [6.07, 6.45) is 1.88. The zero-order valence-corrected chi connectivity index (χ0v) is 22.1. The monoisotopic (exact) mass is 544 g/mol. The van der Waals surface area contributed by atoms with Gasteiger partial charge in [-0.25, -0.2) is 4.79 Å². The van der Waals surface area contributed by atoms with Gasteiger partial charge in [0.25, 0.3) is 0 Å². The quantitative estimate of drug-likeness (QED) is 0.177. The molecule has 0 aliphatic carbocycles. The van der Waals surface area contributed by atoms with E-state index in [4.69, 9.17) is 30.3 Å². The molecular formula is C30H32N4O6. The normalized spacial score (nSPS) is 12.2. The summed E-state index contributed by atoms with van der Waals surface area (Å²) in [5, 5.41) is 23.5. The maximum absolute atomic E-state index is 12.9. The number of anilines is 3. The van der Waals surface area contributed by atoms with Crippen molar-refractivity contribution in [3.05, 3.63) is 96.1 Å². The van der Waals surface area contributed by atoms with Gasteiger partial charge < -0.3 is 30.4 Å². The third-order valence-electron chi connectivity index (χ3n) is 5.79. The zero-order chi connectivity index (χ0) is 28.7. The molecular weight excluding hydrogens is 512 g/mol. The SMILES string of the molecule is CO[C@@H](CC/C=C/C(=O)Nc1ccccc1N)[C@@H](OC(=O)Nc1ccc(C#N)cc1)c1cccc(OCCO)c1. The first kappa shape index (κ1) is 29.7. The Morgan fingerprint density at radius 1 is 1.07 bits per heavy atom. The average molecular weight is 545 g/mol. The van der Waals surface area contributed by atoms with E-state index in [9.17, 15) is 9.59 Å². The summed E-state index contributed by atoms with van der Waals surface area (Å²) in [6.45, 7) is -0.0298. The van der Waals surface area contributed by atoms with Crippen LogP contribution in [0.5, 0.6) is 5.75 Å². The third-order valence-corrected chi connectivity index (χ3v) is 5.79. The highest BCUT2D eigenvalue weighted by atomic mass is 16.6. The maximum atomic E-state index is 12.9. The lowest BCUT2D eigenvalue weighted by atomic mass is 10.00. The minimum Gasteiger partial charge on any atom is -0.491 e. The topological polar surface area (TPSA) is 156 Å². The molecule has 3 aromatic carbocycles. The number of methoxy groups -OCH3 is 1. The van der Waals surface area contributed by atoms with Gasteiger partial charge in [-0.15, -0.1) is 0 Å². The van der Waals surface area contributed by atoms with Gasteiger partial charge in [0.05, 0.1) is 35.7 Å². The van der Waals surface area contributed by atoms with Crippen molar-refractivity contribution in [2.45, 2.75) is 25.0 Å². The van der Waals surface area contributed by atoms with Crippen LogP contribution in [0.15, 0.2) is 84.9 Å². The van der Waals surface area contributed by atoms with Crippen LogP contribution in [-0.4, -0.2) is 43.5 Å². The number of nitrogens with zero attached hydrogens (tertiary/aromatic N) is 1. The number of amides is 2. The molecule has 0 aliphatic heterocycles. The second-order valence-corrected chi connectivity index (χ2v) is 8.61. The molecule has 40 heavy (non-hydrogen) atoms. The molecule has 0 aliphatic rings. The molecule has 0 saturated carbocycles. The van der Waals surface area contributed by atoms with Crippen molar-refractivity contribution >= 4 is 29.1 Å². The molecule has 0 aromatic heterocycles. The summed E-state index contributed by atoms with van der Waals surface area (Å²) in [6, 6.07) is 22.4. The van der Waals surface area contributed by atoms with Crippen LogP contribution < -0.4 is 21.1 Å². The van der Waals surface area contributed by atoms with Crippen molar-refractivity contribution < 1.29 is 28.9 Å². The molecule has 0 bridgehead atoms. The molecule has 0 radical (unpaired) electrons. The van der Waals surface area contributed by atoms with Crippen LogP contribution in [0.3, 0.4) is 0 Å². The number of nitrogen functional groups attached to an aromatic ring is 1. The lowest BCUT2D eigenvalue weighted by molar-refractivity contribution is -0.111. The molecule has 10 nitrogen and oxygen atoms in total. The van der Waals surface area contributed by atoms with Crippen LogP contribution in [0.2, 0.25) is 0 Å². The average Bonchev–Trinajstić information content (AvgIpc) is 2.97. The van der Waals surface area contributed by atoms with Crippen molar-refractivity contribution in [3.8, 4) is 11.8 Å². The molecule has 2 atom stereocenters. The van der Waals surface area contributed by atoms with Crippen LogP contribution in [0.25, 0.3) is 0 Å². The van der Waals surface area contributed by atoms with Gasteiger partial charge in [-0.1, -0.05) is 30.3 Å². The number of nitrogens with one attached hydrogen (secondary N) is 2. The summed E-state index contributed by atoms with van der Waals surface area (Å²) in [7, 11) is 1.51. The molecule has 5 N–H and O–H groups in total. The van der Waals surface area contributed by atoms with Crippen LogP contribution in [0, 0.1) is 11.3 Å². The number of carbonyl (C=O) groups is 2. The van der Waals surface area contributed by atoms with Gasteiger partial charge in [0.15, 0.2) is 6.10 Å². The Balaban J connectivity index is 1.71. The van der Waals surface area contributed by atoms with Crippen molar-refractivity contribution in [2.24, 2.45) is 0 Å². The standard InChI is InChI=1S/C30H32N4O6/c1-38-27(11-4-5-12-28(36)34-26-10-3-2-9-25(26)32)29(22-7-6-8-24(19-22)39-18-17-35)40-30(37)33-23-15-13-21(20-31)14-16-23/h2-3,5-10,12-16,19,27,29,35H,4,11,17-18,32H2,1H3,(H,33,37)(H,34,36)/b12-5+/t27-,29-/m0/s1. The maximum Gasteiger partial charge on any atom is 0.412 e. The van der Waals surface area contributed by atoms with Crippen molar-refractivity contribution in [2.75, 3.05) is 36.7 Å². The molecule has 0 heterocycles. The Morgan fingerprint density at radius 2 is 1.85 bits per heavy atom. The van der Waals surface area contributed by atoms with Gasteiger partial charge in [-0.3, -0.25) is 10.1 Å². The zero-order valence-electron chi connectivity index (χ0n) is 22.1. The number of ether oxygens (including phenoxy) is 3. The molecule has 208 valence electrons. The highest BCUT2D eigenvalue weighted by molar-refractivity contribution is 6.01.